The smallest absolute Gasteiger partial charge is 0.0220 e. The SMILES string of the molecule is CCn1ccc(CNCC2CC3CCC2C3)c1. The summed E-state index contributed by atoms with van der Waals surface area (Å²) in [6.45, 7) is 5.54. The van der Waals surface area contributed by atoms with Gasteiger partial charge in [-0.3, -0.25) is 0 Å². The van der Waals surface area contributed by atoms with Crippen molar-refractivity contribution in [2.24, 2.45) is 17.8 Å². The minimum atomic E-state index is 0.974. The summed E-state index contributed by atoms with van der Waals surface area (Å²) in [6.07, 6.45) is 10.5. The predicted octanol–water partition coefficient (Wildman–Crippen LogP) is 3.03. The number of rotatable bonds is 5. The molecule has 3 atom stereocenters. The summed E-state index contributed by atoms with van der Waals surface area (Å²) in [5.74, 6) is 3.10. The van der Waals surface area contributed by atoms with Crippen LogP contribution in [0, 0.1) is 17.8 Å². The predicted molar refractivity (Wildman–Crippen MR) is 70.8 cm³/mol. The minimum Gasteiger partial charge on any atom is -0.354 e. The van der Waals surface area contributed by atoms with Crippen molar-refractivity contribution in [3.05, 3.63) is 24.0 Å². The van der Waals surface area contributed by atoms with Crippen molar-refractivity contribution in [1.82, 2.24) is 9.88 Å². The molecule has 0 spiro atoms. The Hall–Kier alpha value is -0.760. The van der Waals surface area contributed by atoms with Crippen molar-refractivity contribution in [1.29, 1.82) is 0 Å². The van der Waals surface area contributed by atoms with Crippen LogP contribution in [0.1, 0.15) is 38.2 Å². The van der Waals surface area contributed by atoms with Gasteiger partial charge >= 0.3 is 0 Å². The Morgan fingerprint density at radius 2 is 2.29 bits per heavy atom. The summed E-state index contributed by atoms with van der Waals surface area (Å²) in [5.41, 5.74) is 1.43. The van der Waals surface area contributed by atoms with E-state index in [2.05, 4.69) is 35.3 Å². The number of nitrogens with one attached hydrogen (secondary N) is 1. The largest absolute Gasteiger partial charge is 0.354 e. The molecule has 17 heavy (non-hydrogen) atoms. The molecule has 1 aromatic rings. The third kappa shape index (κ3) is 2.42. The lowest BCUT2D eigenvalue weighted by Gasteiger charge is -2.21. The maximum absolute atomic E-state index is 3.65. The number of aromatic nitrogens is 1. The highest BCUT2D eigenvalue weighted by Crippen LogP contribution is 2.47. The van der Waals surface area contributed by atoms with Crippen molar-refractivity contribution < 1.29 is 0 Å². The minimum absolute atomic E-state index is 0.974. The standard InChI is InChI=1S/C15H24N2/c1-2-17-6-5-13(11-17)9-16-10-15-8-12-3-4-14(15)7-12/h5-6,11-12,14-16H,2-4,7-10H2,1H3. The van der Waals surface area contributed by atoms with Crippen LogP contribution in [0.5, 0.6) is 0 Å². The lowest BCUT2D eigenvalue weighted by atomic mass is 9.89. The van der Waals surface area contributed by atoms with Gasteiger partial charge in [-0.05, 0) is 62.1 Å². The molecule has 2 heteroatoms. The van der Waals surface area contributed by atoms with E-state index >= 15 is 0 Å². The summed E-state index contributed by atoms with van der Waals surface area (Å²) >= 11 is 0. The number of fused-ring (bicyclic) bond motifs is 2. The molecular formula is C15H24N2. The van der Waals surface area contributed by atoms with Gasteiger partial charge in [0, 0.05) is 25.5 Å². The van der Waals surface area contributed by atoms with Crippen LogP contribution in [0.2, 0.25) is 0 Å². The van der Waals surface area contributed by atoms with E-state index in [1.807, 2.05) is 0 Å². The van der Waals surface area contributed by atoms with Crippen molar-refractivity contribution >= 4 is 0 Å². The van der Waals surface area contributed by atoms with Gasteiger partial charge in [0.15, 0.2) is 0 Å². The van der Waals surface area contributed by atoms with E-state index in [1.165, 1.54) is 37.8 Å². The van der Waals surface area contributed by atoms with Crippen LogP contribution in [0.3, 0.4) is 0 Å². The molecule has 0 radical (unpaired) electrons. The fourth-order valence-corrected chi connectivity index (χ4v) is 3.82. The van der Waals surface area contributed by atoms with Crippen LogP contribution in [-0.4, -0.2) is 11.1 Å². The van der Waals surface area contributed by atoms with Crippen LogP contribution in [0.15, 0.2) is 18.5 Å². The normalized spacial score (nSPS) is 31.2. The van der Waals surface area contributed by atoms with Gasteiger partial charge in [-0.15, -0.1) is 0 Å². The first-order valence-corrected chi connectivity index (χ1v) is 7.20. The lowest BCUT2D eigenvalue weighted by Crippen LogP contribution is -2.26. The summed E-state index contributed by atoms with van der Waals surface area (Å²) in [5, 5.41) is 3.65. The number of hydrogen-bond acceptors (Lipinski definition) is 1. The Morgan fingerprint density at radius 3 is 2.94 bits per heavy atom. The molecule has 1 N–H and O–H groups in total. The van der Waals surface area contributed by atoms with Crippen molar-refractivity contribution in [2.75, 3.05) is 6.54 Å². The molecule has 1 aromatic heterocycles. The molecule has 2 bridgehead atoms. The Labute approximate surface area is 104 Å². The molecular weight excluding hydrogens is 208 g/mol. The van der Waals surface area contributed by atoms with E-state index in [0.717, 1.165) is 30.8 Å². The molecule has 0 aliphatic heterocycles. The molecule has 2 aliphatic carbocycles. The Bertz CT molecular complexity index is 369. The number of nitrogens with zero attached hydrogens (tertiary/aromatic N) is 1. The van der Waals surface area contributed by atoms with Crippen molar-refractivity contribution in [3.8, 4) is 0 Å². The van der Waals surface area contributed by atoms with E-state index in [9.17, 15) is 0 Å². The summed E-state index contributed by atoms with van der Waals surface area (Å²) in [6, 6.07) is 2.23. The van der Waals surface area contributed by atoms with Gasteiger partial charge < -0.3 is 9.88 Å². The first-order chi connectivity index (χ1) is 8.35. The van der Waals surface area contributed by atoms with E-state index in [1.54, 1.807) is 0 Å². The van der Waals surface area contributed by atoms with E-state index in [0.29, 0.717) is 0 Å². The molecule has 1 heterocycles. The van der Waals surface area contributed by atoms with Gasteiger partial charge in [0.1, 0.15) is 0 Å². The van der Waals surface area contributed by atoms with Gasteiger partial charge in [-0.1, -0.05) is 6.42 Å². The maximum Gasteiger partial charge on any atom is 0.0220 e. The highest BCUT2D eigenvalue weighted by Gasteiger charge is 2.38. The van der Waals surface area contributed by atoms with E-state index < -0.39 is 0 Å². The third-order valence-electron chi connectivity index (χ3n) is 4.80. The fraction of sp³-hybridized carbons (Fsp3) is 0.733. The van der Waals surface area contributed by atoms with E-state index in [4.69, 9.17) is 0 Å². The molecule has 94 valence electrons. The van der Waals surface area contributed by atoms with Crippen molar-refractivity contribution in [2.45, 2.75) is 45.7 Å². The lowest BCUT2D eigenvalue weighted by molar-refractivity contribution is 0.318. The van der Waals surface area contributed by atoms with Crippen LogP contribution < -0.4 is 5.32 Å². The Balaban J connectivity index is 1.43. The summed E-state index contributed by atoms with van der Waals surface area (Å²) in [4.78, 5) is 0. The average Bonchev–Trinajstić information content (AvgIpc) is 3.04. The highest BCUT2D eigenvalue weighted by molar-refractivity contribution is 5.09. The molecule has 2 fully saturated rings. The van der Waals surface area contributed by atoms with Gasteiger partial charge in [-0.25, -0.2) is 0 Å². The maximum atomic E-state index is 3.65. The molecule has 0 saturated heterocycles. The van der Waals surface area contributed by atoms with Crippen LogP contribution in [-0.2, 0) is 13.1 Å². The zero-order valence-corrected chi connectivity index (χ0v) is 10.9. The second kappa shape index (κ2) is 4.85. The summed E-state index contributed by atoms with van der Waals surface area (Å²) in [7, 11) is 0. The monoisotopic (exact) mass is 232 g/mol. The first kappa shape index (κ1) is 11.3. The molecule has 3 unspecified atom stereocenters. The topological polar surface area (TPSA) is 17.0 Å². The van der Waals surface area contributed by atoms with Gasteiger partial charge in [0.05, 0.1) is 0 Å². The quantitative estimate of drug-likeness (QED) is 0.825. The number of hydrogen-bond donors (Lipinski definition) is 1. The first-order valence-electron chi connectivity index (χ1n) is 7.20. The zero-order valence-electron chi connectivity index (χ0n) is 10.9. The van der Waals surface area contributed by atoms with Gasteiger partial charge in [-0.2, -0.15) is 0 Å². The highest BCUT2D eigenvalue weighted by atomic mass is 14.9. The molecule has 2 saturated carbocycles. The van der Waals surface area contributed by atoms with Crippen LogP contribution in [0.4, 0.5) is 0 Å². The fourth-order valence-electron chi connectivity index (χ4n) is 3.82. The molecule has 2 aliphatic rings. The van der Waals surface area contributed by atoms with Crippen LogP contribution in [0.25, 0.3) is 0 Å². The summed E-state index contributed by atoms with van der Waals surface area (Å²) < 4.78 is 2.24. The molecule has 2 nitrogen and oxygen atoms in total. The average molecular weight is 232 g/mol. The zero-order chi connectivity index (χ0) is 11.7. The van der Waals surface area contributed by atoms with Gasteiger partial charge in [0.25, 0.3) is 0 Å². The molecule has 0 amide bonds. The van der Waals surface area contributed by atoms with Crippen LogP contribution >= 0.6 is 0 Å². The number of aryl methyl sites for hydroxylation is 1. The van der Waals surface area contributed by atoms with Crippen molar-refractivity contribution in [3.63, 3.8) is 0 Å². The Kier molecular flexibility index (Phi) is 3.24. The molecule has 3 rings (SSSR count). The van der Waals surface area contributed by atoms with E-state index in [-0.39, 0.29) is 0 Å². The molecule has 0 aromatic carbocycles. The van der Waals surface area contributed by atoms with Gasteiger partial charge in [0.2, 0.25) is 0 Å². The third-order valence-corrected chi connectivity index (χ3v) is 4.80. The second-order valence-corrected chi connectivity index (χ2v) is 5.92. The second-order valence-electron chi connectivity index (χ2n) is 5.92. The Morgan fingerprint density at radius 1 is 1.35 bits per heavy atom.